The van der Waals surface area contributed by atoms with E-state index in [0.29, 0.717) is 5.92 Å². The van der Waals surface area contributed by atoms with Gasteiger partial charge in [0.25, 0.3) is 0 Å². The van der Waals surface area contributed by atoms with Crippen LogP contribution in [0, 0.1) is 11.8 Å². The van der Waals surface area contributed by atoms with Gasteiger partial charge < -0.3 is 19.3 Å². The molecule has 2 heterocycles. The minimum atomic E-state index is -0.0830. The Hall–Kier alpha value is -0.160. The lowest BCUT2D eigenvalue weighted by Gasteiger charge is -2.20. The molecule has 0 aromatic rings. The van der Waals surface area contributed by atoms with Crippen LogP contribution in [0.25, 0.3) is 0 Å². The van der Waals surface area contributed by atoms with Crippen molar-refractivity contribution in [3.05, 3.63) is 0 Å². The Morgan fingerprint density at radius 3 is 2.62 bits per heavy atom. The number of hydrogen-bond donors (Lipinski definition) is 1. The first-order valence-corrected chi connectivity index (χ1v) is 6.15. The lowest BCUT2D eigenvalue weighted by molar-refractivity contribution is -0.0221. The van der Waals surface area contributed by atoms with Gasteiger partial charge in [-0.15, -0.1) is 0 Å². The highest BCUT2D eigenvalue weighted by Gasteiger charge is 2.52. The zero-order chi connectivity index (χ0) is 11.7. The van der Waals surface area contributed by atoms with Gasteiger partial charge in [-0.3, -0.25) is 0 Å². The van der Waals surface area contributed by atoms with Crippen molar-refractivity contribution >= 4 is 0 Å². The highest BCUT2D eigenvalue weighted by Crippen LogP contribution is 2.40. The summed E-state index contributed by atoms with van der Waals surface area (Å²) in [6.45, 7) is 4.48. The first kappa shape index (κ1) is 12.3. The molecule has 2 fully saturated rings. The molecule has 0 bridgehead atoms. The molecule has 0 aromatic carbocycles. The Morgan fingerprint density at radius 1 is 1.38 bits per heavy atom. The second kappa shape index (κ2) is 5.00. The van der Waals surface area contributed by atoms with E-state index in [-0.39, 0.29) is 37.1 Å². The molecule has 2 rings (SSSR count). The molecule has 4 heteroatoms. The van der Waals surface area contributed by atoms with E-state index in [0.717, 1.165) is 12.8 Å². The van der Waals surface area contributed by atoms with Crippen LogP contribution in [-0.2, 0) is 14.2 Å². The molecule has 0 saturated carbocycles. The zero-order valence-corrected chi connectivity index (χ0v) is 10.3. The van der Waals surface area contributed by atoms with Crippen molar-refractivity contribution in [3.8, 4) is 0 Å². The topological polar surface area (TPSA) is 51.2 Å². The summed E-state index contributed by atoms with van der Waals surface area (Å²) in [5, 5.41) is 9.28. The largest absolute Gasteiger partial charge is 0.396 e. The number of methoxy groups -OCH3 is 1. The lowest BCUT2D eigenvalue weighted by atomic mass is 9.93. The third-order valence-corrected chi connectivity index (χ3v) is 3.82. The van der Waals surface area contributed by atoms with E-state index in [9.17, 15) is 5.11 Å². The maximum atomic E-state index is 9.28. The Bertz CT molecular complexity index is 229. The molecule has 0 radical (unpaired) electrons. The van der Waals surface area contributed by atoms with Gasteiger partial charge in [-0.25, -0.2) is 0 Å². The van der Waals surface area contributed by atoms with Crippen LogP contribution in [0.2, 0.25) is 0 Å². The van der Waals surface area contributed by atoms with Crippen molar-refractivity contribution in [2.45, 2.75) is 51.3 Å². The van der Waals surface area contributed by atoms with Gasteiger partial charge in [-0.1, -0.05) is 13.8 Å². The average molecular weight is 230 g/mol. The molecule has 2 saturated heterocycles. The third-order valence-electron chi connectivity index (χ3n) is 3.82. The maximum Gasteiger partial charge on any atom is 0.186 e. The molecule has 0 spiro atoms. The quantitative estimate of drug-likeness (QED) is 0.720. The van der Waals surface area contributed by atoms with E-state index in [2.05, 4.69) is 13.8 Å². The SMILES string of the molecule is CC[C@H](CO)[C@@H]1C[C@@H](C)[C@@H]([C@@H]2O[C@H]2OC)O1. The molecule has 94 valence electrons. The number of hydrogen-bond acceptors (Lipinski definition) is 4. The summed E-state index contributed by atoms with van der Waals surface area (Å²) in [6.07, 6.45) is 2.30. The molecule has 0 aliphatic carbocycles. The number of aliphatic hydroxyl groups is 1. The monoisotopic (exact) mass is 230 g/mol. The first-order valence-electron chi connectivity index (χ1n) is 6.15. The molecular weight excluding hydrogens is 208 g/mol. The van der Waals surface area contributed by atoms with Crippen molar-refractivity contribution in [1.29, 1.82) is 0 Å². The summed E-state index contributed by atoms with van der Waals surface area (Å²) in [5.41, 5.74) is 0. The Balaban J connectivity index is 1.89. The van der Waals surface area contributed by atoms with Gasteiger partial charge in [0.2, 0.25) is 0 Å². The van der Waals surface area contributed by atoms with E-state index in [1.54, 1.807) is 7.11 Å². The van der Waals surface area contributed by atoms with Crippen LogP contribution < -0.4 is 0 Å². The summed E-state index contributed by atoms with van der Waals surface area (Å²) in [6, 6.07) is 0. The smallest absolute Gasteiger partial charge is 0.186 e. The van der Waals surface area contributed by atoms with Gasteiger partial charge in [-0.05, 0) is 18.8 Å². The fraction of sp³-hybridized carbons (Fsp3) is 1.00. The molecular formula is C12H22O4. The van der Waals surface area contributed by atoms with Crippen LogP contribution in [-0.4, -0.2) is 43.4 Å². The van der Waals surface area contributed by atoms with Crippen molar-refractivity contribution in [3.63, 3.8) is 0 Å². The molecule has 0 amide bonds. The van der Waals surface area contributed by atoms with E-state index in [1.165, 1.54) is 0 Å². The minimum Gasteiger partial charge on any atom is -0.396 e. The average Bonchev–Trinajstić information content (AvgIpc) is 2.97. The van der Waals surface area contributed by atoms with Crippen LogP contribution >= 0.6 is 0 Å². The van der Waals surface area contributed by atoms with Crippen LogP contribution in [0.5, 0.6) is 0 Å². The summed E-state index contributed by atoms with van der Waals surface area (Å²) >= 11 is 0. The lowest BCUT2D eigenvalue weighted by Crippen LogP contribution is -2.27. The van der Waals surface area contributed by atoms with Gasteiger partial charge in [0.05, 0.1) is 12.2 Å². The van der Waals surface area contributed by atoms with Gasteiger partial charge in [0.15, 0.2) is 6.29 Å². The van der Waals surface area contributed by atoms with Crippen molar-refractivity contribution in [2.75, 3.05) is 13.7 Å². The third kappa shape index (κ3) is 2.25. The molecule has 6 atom stereocenters. The summed E-state index contributed by atoms with van der Waals surface area (Å²) in [5.74, 6) is 0.739. The fourth-order valence-corrected chi connectivity index (χ4v) is 2.64. The van der Waals surface area contributed by atoms with E-state index in [1.807, 2.05) is 0 Å². The Labute approximate surface area is 96.9 Å². The first-order chi connectivity index (χ1) is 7.71. The Morgan fingerprint density at radius 2 is 2.12 bits per heavy atom. The van der Waals surface area contributed by atoms with Crippen LogP contribution in [0.1, 0.15) is 26.7 Å². The summed E-state index contributed by atoms with van der Waals surface area (Å²) in [7, 11) is 1.66. The van der Waals surface area contributed by atoms with E-state index >= 15 is 0 Å². The normalized spacial score (nSPS) is 44.6. The predicted molar refractivity (Wildman–Crippen MR) is 59.0 cm³/mol. The van der Waals surface area contributed by atoms with Gasteiger partial charge in [-0.2, -0.15) is 0 Å². The molecule has 16 heavy (non-hydrogen) atoms. The minimum absolute atomic E-state index is 0.0830. The van der Waals surface area contributed by atoms with Crippen molar-refractivity contribution < 1.29 is 19.3 Å². The zero-order valence-electron chi connectivity index (χ0n) is 10.3. The number of rotatable bonds is 5. The fourth-order valence-electron chi connectivity index (χ4n) is 2.64. The van der Waals surface area contributed by atoms with Gasteiger partial charge >= 0.3 is 0 Å². The second-order valence-corrected chi connectivity index (χ2v) is 4.91. The van der Waals surface area contributed by atoms with E-state index in [4.69, 9.17) is 14.2 Å². The number of ether oxygens (including phenoxy) is 3. The predicted octanol–water partition coefficient (Wildman–Crippen LogP) is 1.17. The van der Waals surface area contributed by atoms with Gasteiger partial charge in [0, 0.05) is 19.6 Å². The second-order valence-electron chi connectivity index (χ2n) is 4.91. The van der Waals surface area contributed by atoms with Gasteiger partial charge in [0.1, 0.15) is 6.10 Å². The van der Waals surface area contributed by atoms with E-state index < -0.39 is 0 Å². The number of aliphatic hydroxyl groups excluding tert-OH is 1. The molecule has 2 aliphatic rings. The molecule has 0 unspecified atom stereocenters. The summed E-state index contributed by atoms with van der Waals surface area (Å²) < 4.78 is 16.5. The highest BCUT2D eigenvalue weighted by molar-refractivity contribution is 4.94. The Kier molecular flexibility index (Phi) is 3.85. The standard InChI is InChI=1S/C12H22O4/c1-4-8(6-13)9-5-7(2)10(15-9)11-12(14-3)16-11/h7-13H,4-6H2,1-3H3/t7-,8-,9+,10+,11+,12-/m1/s1. The molecule has 1 N–H and O–H groups in total. The molecule has 2 aliphatic heterocycles. The number of epoxide rings is 1. The van der Waals surface area contributed by atoms with Crippen molar-refractivity contribution in [2.24, 2.45) is 11.8 Å². The van der Waals surface area contributed by atoms with Crippen molar-refractivity contribution in [1.82, 2.24) is 0 Å². The van der Waals surface area contributed by atoms with Crippen LogP contribution in [0.15, 0.2) is 0 Å². The summed E-state index contributed by atoms with van der Waals surface area (Å²) in [4.78, 5) is 0. The highest BCUT2D eigenvalue weighted by atomic mass is 16.8. The van der Waals surface area contributed by atoms with Crippen LogP contribution in [0.4, 0.5) is 0 Å². The molecule has 4 nitrogen and oxygen atoms in total. The maximum absolute atomic E-state index is 9.28. The molecule has 0 aromatic heterocycles. The van der Waals surface area contributed by atoms with Crippen LogP contribution in [0.3, 0.4) is 0 Å².